The van der Waals surface area contributed by atoms with Crippen LogP contribution in [0.25, 0.3) is 0 Å². The molecule has 5 heteroatoms. The van der Waals surface area contributed by atoms with Crippen LogP contribution in [-0.4, -0.2) is 16.9 Å². The lowest BCUT2D eigenvalue weighted by Gasteiger charge is -2.15. The minimum Gasteiger partial charge on any atom is -0.352 e. The number of aromatic nitrogens is 1. The van der Waals surface area contributed by atoms with Gasteiger partial charge in [-0.2, -0.15) is 0 Å². The molecular formula is C14H14N2OS2. The Hall–Kier alpha value is -1.33. The van der Waals surface area contributed by atoms with Gasteiger partial charge in [-0.1, -0.05) is 42.1 Å². The molecule has 3 nitrogen and oxygen atoms in total. The first kappa shape index (κ1) is 12.7. The number of nitrogens with zero attached hydrogens (tertiary/aromatic N) is 1. The average Bonchev–Trinajstić information content (AvgIpc) is 3.10. The van der Waals surface area contributed by atoms with Crippen LogP contribution in [0.5, 0.6) is 0 Å². The lowest BCUT2D eigenvalue weighted by molar-refractivity contribution is -0.120. The van der Waals surface area contributed by atoms with Crippen molar-refractivity contribution in [3.05, 3.63) is 47.5 Å². The largest absolute Gasteiger partial charge is 0.352 e. The summed E-state index contributed by atoms with van der Waals surface area (Å²) in [4.78, 5) is 16.6. The van der Waals surface area contributed by atoms with Crippen molar-refractivity contribution in [1.82, 2.24) is 10.3 Å². The normalized spacial score (nSPS) is 16.0. The second-order valence-corrected chi connectivity index (χ2v) is 6.74. The fourth-order valence-electron chi connectivity index (χ4n) is 1.77. The van der Waals surface area contributed by atoms with Crippen molar-refractivity contribution in [3.63, 3.8) is 0 Å². The van der Waals surface area contributed by atoms with Gasteiger partial charge in [-0.3, -0.25) is 4.79 Å². The molecule has 0 saturated heterocycles. The highest BCUT2D eigenvalue weighted by molar-refractivity contribution is 8.01. The summed E-state index contributed by atoms with van der Waals surface area (Å²) in [6.07, 6.45) is 3.98. The van der Waals surface area contributed by atoms with Crippen LogP contribution in [-0.2, 0) is 4.79 Å². The van der Waals surface area contributed by atoms with Crippen molar-refractivity contribution in [1.29, 1.82) is 0 Å². The summed E-state index contributed by atoms with van der Waals surface area (Å²) < 4.78 is 0.930. The fraction of sp³-hybridized carbons (Fsp3) is 0.286. The van der Waals surface area contributed by atoms with Gasteiger partial charge in [0.25, 0.3) is 0 Å². The quantitative estimate of drug-likeness (QED) is 0.859. The van der Waals surface area contributed by atoms with E-state index in [1.165, 1.54) is 11.8 Å². The highest BCUT2D eigenvalue weighted by Gasteiger charge is 2.29. The van der Waals surface area contributed by atoms with E-state index in [-0.39, 0.29) is 11.2 Å². The third-order valence-corrected chi connectivity index (χ3v) is 5.06. The topological polar surface area (TPSA) is 42.0 Å². The zero-order valence-corrected chi connectivity index (χ0v) is 11.9. The van der Waals surface area contributed by atoms with E-state index >= 15 is 0 Å². The van der Waals surface area contributed by atoms with Gasteiger partial charge >= 0.3 is 0 Å². The van der Waals surface area contributed by atoms with Gasteiger partial charge < -0.3 is 5.32 Å². The van der Waals surface area contributed by atoms with E-state index in [2.05, 4.69) is 10.3 Å². The van der Waals surface area contributed by atoms with Crippen molar-refractivity contribution in [2.45, 2.75) is 28.5 Å². The summed E-state index contributed by atoms with van der Waals surface area (Å²) in [5.74, 6) is 0.0916. The van der Waals surface area contributed by atoms with E-state index in [4.69, 9.17) is 0 Å². The number of carbonyl (C=O) groups excluding carboxylic acids is 1. The smallest absolute Gasteiger partial charge is 0.238 e. The second-order valence-electron chi connectivity index (χ2n) is 4.49. The van der Waals surface area contributed by atoms with Crippen LogP contribution in [0.1, 0.15) is 23.7 Å². The molecule has 1 aromatic heterocycles. The van der Waals surface area contributed by atoms with Crippen molar-refractivity contribution < 1.29 is 4.79 Å². The van der Waals surface area contributed by atoms with Crippen molar-refractivity contribution >= 4 is 29.0 Å². The summed E-state index contributed by atoms with van der Waals surface area (Å²) in [6, 6.07) is 10.3. The molecule has 3 rings (SSSR count). The summed E-state index contributed by atoms with van der Waals surface area (Å²) in [5.41, 5.74) is 1.03. The number of thiazole rings is 1. The van der Waals surface area contributed by atoms with Gasteiger partial charge in [0.2, 0.25) is 5.91 Å². The number of benzene rings is 1. The van der Waals surface area contributed by atoms with Crippen molar-refractivity contribution in [2.24, 2.45) is 0 Å². The first-order chi connectivity index (χ1) is 9.33. The van der Waals surface area contributed by atoms with Crippen LogP contribution in [0.2, 0.25) is 0 Å². The van der Waals surface area contributed by atoms with Crippen molar-refractivity contribution in [2.75, 3.05) is 0 Å². The first-order valence-corrected chi connectivity index (χ1v) is 8.00. The number of thioether (sulfide) groups is 1. The molecule has 1 saturated carbocycles. The van der Waals surface area contributed by atoms with Gasteiger partial charge in [0.05, 0.1) is 0 Å². The van der Waals surface area contributed by atoms with E-state index in [1.807, 2.05) is 35.7 Å². The van der Waals surface area contributed by atoms with Crippen LogP contribution in [0, 0.1) is 0 Å². The zero-order valence-electron chi connectivity index (χ0n) is 10.3. The standard InChI is InChI=1S/C14H14N2OS2/c17-13(16-11-6-7-11)12(10-4-2-1-3-5-10)19-14-15-8-9-18-14/h1-5,8-9,11-12H,6-7H2,(H,16,17). The molecule has 0 bridgehead atoms. The molecule has 98 valence electrons. The third kappa shape index (κ3) is 3.36. The van der Waals surface area contributed by atoms with Crippen LogP contribution >= 0.6 is 23.1 Å². The number of rotatable bonds is 5. The Bertz CT molecular complexity index is 538. The lowest BCUT2D eigenvalue weighted by atomic mass is 10.1. The minimum atomic E-state index is -0.215. The average molecular weight is 290 g/mol. The summed E-state index contributed by atoms with van der Waals surface area (Å²) in [5, 5.41) is 4.80. The maximum atomic E-state index is 12.4. The van der Waals surface area contributed by atoms with E-state index in [0.717, 1.165) is 22.7 Å². The van der Waals surface area contributed by atoms with Crippen molar-refractivity contribution in [3.8, 4) is 0 Å². The van der Waals surface area contributed by atoms with Crippen LogP contribution in [0.15, 0.2) is 46.2 Å². The number of hydrogen-bond donors (Lipinski definition) is 1. The molecular weight excluding hydrogens is 276 g/mol. The number of amides is 1. The Labute approximate surface area is 120 Å². The molecule has 2 aromatic rings. The highest BCUT2D eigenvalue weighted by Crippen LogP contribution is 2.37. The molecule has 1 fully saturated rings. The predicted octanol–water partition coefficient (Wildman–Crippen LogP) is 3.26. The number of carbonyl (C=O) groups is 1. The molecule has 1 amide bonds. The Kier molecular flexibility index (Phi) is 3.84. The van der Waals surface area contributed by atoms with E-state index in [0.29, 0.717) is 6.04 Å². The van der Waals surface area contributed by atoms with Gasteiger partial charge in [-0.15, -0.1) is 11.3 Å². The van der Waals surface area contributed by atoms with E-state index in [1.54, 1.807) is 17.5 Å². The van der Waals surface area contributed by atoms with Gasteiger partial charge in [-0.05, 0) is 18.4 Å². The molecule has 1 atom stereocenters. The van der Waals surface area contributed by atoms with Gasteiger partial charge in [0.15, 0.2) is 4.34 Å². The lowest BCUT2D eigenvalue weighted by Crippen LogP contribution is -2.29. The van der Waals surface area contributed by atoms with Crippen LogP contribution in [0.4, 0.5) is 0 Å². The Morgan fingerprint density at radius 1 is 1.37 bits per heavy atom. The second kappa shape index (κ2) is 5.75. The molecule has 0 radical (unpaired) electrons. The van der Waals surface area contributed by atoms with E-state index < -0.39 is 0 Å². The van der Waals surface area contributed by atoms with Gasteiger partial charge in [0.1, 0.15) is 5.25 Å². The summed E-state index contributed by atoms with van der Waals surface area (Å²) >= 11 is 3.09. The Balaban J connectivity index is 1.79. The summed E-state index contributed by atoms with van der Waals surface area (Å²) in [7, 11) is 0. The Morgan fingerprint density at radius 2 is 2.16 bits per heavy atom. The summed E-state index contributed by atoms with van der Waals surface area (Å²) in [6.45, 7) is 0. The molecule has 19 heavy (non-hydrogen) atoms. The molecule has 0 aliphatic heterocycles. The molecule has 1 aromatic carbocycles. The monoisotopic (exact) mass is 290 g/mol. The highest BCUT2D eigenvalue weighted by atomic mass is 32.2. The number of hydrogen-bond acceptors (Lipinski definition) is 4. The maximum Gasteiger partial charge on any atom is 0.238 e. The van der Waals surface area contributed by atoms with E-state index in [9.17, 15) is 4.79 Å². The Morgan fingerprint density at radius 3 is 2.79 bits per heavy atom. The first-order valence-electron chi connectivity index (χ1n) is 6.24. The van der Waals surface area contributed by atoms with Gasteiger partial charge in [-0.25, -0.2) is 4.98 Å². The molecule has 1 aliphatic carbocycles. The molecule has 0 spiro atoms. The molecule has 1 aliphatic rings. The number of nitrogens with one attached hydrogen (secondary N) is 1. The fourth-order valence-corrected chi connectivity index (χ4v) is 3.60. The van der Waals surface area contributed by atoms with Gasteiger partial charge in [0, 0.05) is 17.6 Å². The maximum absolute atomic E-state index is 12.4. The van der Waals surface area contributed by atoms with Crippen LogP contribution in [0.3, 0.4) is 0 Å². The molecule has 1 unspecified atom stereocenters. The zero-order chi connectivity index (χ0) is 13.1. The minimum absolute atomic E-state index is 0.0916. The third-order valence-electron chi connectivity index (χ3n) is 2.89. The predicted molar refractivity (Wildman–Crippen MR) is 78.3 cm³/mol. The SMILES string of the molecule is O=C(NC1CC1)C(Sc1nccs1)c1ccccc1. The van der Waals surface area contributed by atoms with Crippen LogP contribution < -0.4 is 5.32 Å². The molecule has 1 N–H and O–H groups in total. The molecule has 1 heterocycles.